The Hall–Kier alpha value is -1.94. The third-order valence-electron chi connectivity index (χ3n) is 2.29. The summed E-state index contributed by atoms with van der Waals surface area (Å²) in [4.78, 5) is 21.8. The van der Waals surface area contributed by atoms with Gasteiger partial charge < -0.3 is 10.4 Å². The lowest BCUT2D eigenvalue weighted by atomic mass is 10.0. The van der Waals surface area contributed by atoms with Gasteiger partial charge in [-0.05, 0) is 10.4 Å². The van der Waals surface area contributed by atoms with Gasteiger partial charge in [0.2, 0.25) is 5.78 Å². The molecule has 4 nitrogen and oxygen atoms in total. The van der Waals surface area contributed by atoms with E-state index in [9.17, 15) is 14.7 Å². The SMILES string of the molecule is O=CC(=O)C1=c2ccccc2=CNC1O. The minimum Gasteiger partial charge on any atom is -0.369 e. The molecule has 76 valence electrons. The zero-order chi connectivity index (χ0) is 10.8. The van der Waals surface area contributed by atoms with Gasteiger partial charge >= 0.3 is 0 Å². The smallest absolute Gasteiger partial charge is 0.226 e. The summed E-state index contributed by atoms with van der Waals surface area (Å²) in [5, 5.41) is 13.6. The molecule has 0 saturated heterocycles. The second kappa shape index (κ2) is 3.67. The molecule has 0 spiro atoms. The van der Waals surface area contributed by atoms with Crippen molar-refractivity contribution in [2.24, 2.45) is 0 Å². The Kier molecular flexibility index (Phi) is 2.35. The normalized spacial score (nSPS) is 18.5. The Morgan fingerprint density at radius 2 is 2.13 bits per heavy atom. The minimum absolute atomic E-state index is 0.100. The van der Waals surface area contributed by atoms with E-state index in [1.165, 1.54) is 0 Å². The Labute approximate surface area is 85.5 Å². The van der Waals surface area contributed by atoms with Crippen molar-refractivity contribution >= 4 is 23.8 Å². The van der Waals surface area contributed by atoms with Crippen molar-refractivity contribution in [2.75, 3.05) is 0 Å². The first-order valence-electron chi connectivity index (χ1n) is 4.47. The first kappa shape index (κ1) is 9.61. The maximum atomic E-state index is 11.3. The molecule has 1 aliphatic rings. The van der Waals surface area contributed by atoms with Gasteiger partial charge in [-0.3, -0.25) is 9.59 Å². The van der Waals surface area contributed by atoms with E-state index in [1.54, 1.807) is 24.4 Å². The molecule has 1 aromatic carbocycles. The molecule has 0 aliphatic carbocycles. The second-order valence-electron chi connectivity index (χ2n) is 3.20. The molecule has 1 unspecified atom stereocenters. The fourth-order valence-corrected chi connectivity index (χ4v) is 1.60. The molecule has 0 amide bonds. The van der Waals surface area contributed by atoms with E-state index in [2.05, 4.69) is 5.32 Å². The Bertz CT molecular complexity index is 533. The number of rotatable bonds is 2. The van der Waals surface area contributed by atoms with Gasteiger partial charge in [-0.25, -0.2) is 0 Å². The number of carbonyl (C=O) groups excluding carboxylic acids is 2. The highest BCUT2D eigenvalue weighted by atomic mass is 16.3. The molecule has 0 aromatic heterocycles. The van der Waals surface area contributed by atoms with Crippen LogP contribution >= 0.6 is 0 Å². The highest BCUT2D eigenvalue weighted by Gasteiger charge is 2.20. The van der Waals surface area contributed by atoms with Crippen molar-refractivity contribution in [2.45, 2.75) is 6.23 Å². The van der Waals surface area contributed by atoms with E-state index in [-0.39, 0.29) is 11.9 Å². The highest BCUT2D eigenvalue weighted by molar-refractivity contribution is 6.44. The number of ketones is 1. The average molecular weight is 203 g/mol. The van der Waals surface area contributed by atoms with Crippen LogP contribution in [0.4, 0.5) is 0 Å². The maximum Gasteiger partial charge on any atom is 0.226 e. The standard InChI is InChI=1S/C11H9NO3/c13-6-9(14)10-8-4-2-1-3-7(8)5-12-11(10)15/h1-6,11-12,15H. The van der Waals surface area contributed by atoms with Crippen LogP contribution in [0, 0.1) is 0 Å². The summed E-state index contributed by atoms with van der Waals surface area (Å²) in [6.07, 6.45) is 0.710. The zero-order valence-corrected chi connectivity index (χ0v) is 7.81. The minimum atomic E-state index is -1.11. The number of Topliss-reactive ketones (excluding diaryl/α,β-unsaturated/α-hetero) is 1. The number of aldehydes is 1. The van der Waals surface area contributed by atoms with Crippen LogP contribution < -0.4 is 15.8 Å². The molecule has 1 aromatic rings. The van der Waals surface area contributed by atoms with Gasteiger partial charge in [-0.1, -0.05) is 24.3 Å². The molecule has 0 saturated carbocycles. The summed E-state index contributed by atoms with van der Waals surface area (Å²) in [7, 11) is 0. The molecule has 0 bridgehead atoms. The predicted octanol–water partition coefficient (Wildman–Crippen LogP) is -1.74. The van der Waals surface area contributed by atoms with E-state index >= 15 is 0 Å². The second-order valence-corrected chi connectivity index (χ2v) is 3.20. The Balaban J connectivity index is 2.81. The van der Waals surface area contributed by atoms with Crippen LogP contribution in [-0.4, -0.2) is 23.4 Å². The number of aliphatic hydroxyl groups is 1. The van der Waals surface area contributed by atoms with Gasteiger partial charge in [0.25, 0.3) is 0 Å². The van der Waals surface area contributed by atoms with Crippen LogP contribution in [0.3, 0.4) is 0 Å². The summed E-state index contributed by atoms with van der Waals surface area (Å²) >= 11 is 0. The monoisotopic (exact) mass is 203 g/mol. The Morgan fingerprint density at radius 3 is 2.87 bits per heavy atom. The molecule has 0 radical (unpaired) electrons. The van der Waals surface area contributed by atoms with Gasteiger partial charge in [-0.15, -0.1) is 0 Å². The van der Waals surface area contributed by atoms with Crippen LogP contribution in [-0.2, 0) is 9.59 Å². The van der Waals surface area contributed by atoms with Gasteiger partial charge in [0.1, 0.15) is 0 Å². The maximum absolute atomic E-state index is 11.3. The summed E-state index contributed by atoms with van der Waals surface area (Å²) in [6, 6.07) is 7.07. The van der Waals surface area contributed by atoms with Gasteiger partial charge in [0.05, 0.1) is 5.57 Å². The van der Waals surface area contributed by atoms with Crippen LogP contribution in [0.1, 0.15) is 0 Å². The first-order valence-corrected chi connectivity index (χ1v) is 4.47. The van der Waals surface area contributed by atoms with Gasteiger partial charge in [-0.2, -0.15) is 0 Å². The zero-order valence-electron chi connectivity index (χ0n) is 7.81. The van der Waals surface area contributed by atoms with Crippen molar-refractivity contribution in [3.05, 3.63) is 34.7 Å². The van der Waals surface area contributed by atoms with E-state index < -0.39 is 12.0 Å². The molecule has 0 fully saturated rings. The summed E-state index contributed by atoms with van der Waals surface area (Å²) < 4.78 is 0. The number of aliphatic hydroxyl groups excluding tert-OH is 1. The third-order valence-corrected chi connectivity index (χ3v) is 2.29. The molecule has 1 heterocycles. The third kappa shape index (κ3) is 1.55. The average Bonchev–Trinajstić information content (AvgIpc) is 2.28. The fraction of sp³-hybridized carbons (Fsp3) is 0.0909. The Morgan fingerprint density at radius 1 is 1.40 bits per heavy atom. The number of fused-ring (bicyclic) bond motifs is 1. The largest absolute Gasteiger partial charge is 0.369 e. The molecular formula is C11H9NO3. The fourth-order valence-electron chi connectivity index (χ4n) is 1.60. The quantitative estimate of drug-likeness (QED) is 0.442. The molecule has 15 heavy (non-hydrogen) atoms. The number of carbonyl (C=O) groups is 2. The van der Waals surface area contributed by atoms with Crippen molar-refractivity contribution < 1.29 is 14.7 Å². The molecule has 1 atom stereocenters. The number of hydrogen-bond acceptors (Lipinski definition) is 4. The van der Waals surface area contributed by atoms with Crippen molar-refractivity contribution in [3.63, 3.8) is 0 Å². The van der Waals surface area contributed by atoms with Crippen molar-refractivity contribution in [1.82, 2.24) is 5.32 Å². The topological polar surface area (TPSA) is 66.4 Å². The van der Waals surface area contributed by atoms with Crippen molar-refractivity contribution in [3.8, 4) is 0 Å². The predicted molar refractivity (Wildman–Crippen MR) is 53.8 cm³/mol. The van der Waals surface area contributed by atoms with Crippen LogP contribution in [0.25, 0.3) is 11.8 Å². The molecule has 1 aliphatic heterocycles. The molecule has 2 rings (SSSR count). The van der Waals surface area contributed by atoms with Crippen LogP contribution in [0.2, 0.25) is 0 Å². The lowest BCUT2D eigenvalue weighted by molar-refractivity contribution is -0.126. The van der Waals surface area contributed by atoms with E-state index in [0.29, 0.717) is 5.22 Å². The molecule has 2 N–H and O–H groups in total. The van der Waals surface area contributed by atoms with Crippen LogP contribution in [0.15, 0.2) is 24.3 Å². The van der Waals surface area contributed by atoms with Crippen LogP contribution in [0.5, 0.6) is 0 Å². The van der Waals surface area contributed by atoms with E-state index in [1.807, 2.05) is 6.07 Å². The first-order chi connectivity index (χ1) is 7.24. The summed E-state index contributed by atoms with van der Waals surface area (Å²) in [5.74, 6) is -0.699. The number of nitrogens with one attached hydrogen (secondary N) is 1. The van der Waals surface area contributed by atoms with Gasteiger partial charge in [0, 0.05) is 6.20 Å². The number of hydrogen-bond donors (Lipinski definition) is 2. The molecular weight excluding hydrogens is 194 g/mol. The summed E-state index contributed by atoms with van der Waals surface area (Å²) in [5.41, 5.74) is 0.100. The van der Waals surface area contributed by atoms with Gasteiger partial charge in [0.15, 0.2) is 12.5 Å². The van der Waals surface area contributed by atoms with E-state index in [0.717, 1.165) is 5.22 Å². The highest BCUT2D eigenvalue weighted by Crippen LogP contribution is 2.01. The lowest BCUT2D eigenvalue weighted by Gasteiger charge is -2.16. The molecule has 4 heteroatoms. The summed E-state index contributed by atoms with van der Waals surface area (Å²) in [6.45, 7) is 0. The van der Waals surface area contributed by atoms with E-state index in [4.69, 9.17) is 0 Å². The number of benzene rings is 1. The van der Waals surface area contributed by atoms with Crippen molar-refractivity contribution in [1.29, 1.82) is 0 Å². The lowest BCUT2D eigenvalue weighted by Crippen LogP contribution is -2.44.